The van der Waals surface area contributed by atoms with Gasteiger partial charge in [-0.2, -0.15) is 0 Å². The number of aliphatic hydroxyl groups is 1. The van der Waals surface area contributed by atoms with E-state index >= 15 is 0 Å². The van der Waals surface area contributed by atoms with Gasteiger partial charge in [0.25, 0.3) is 0 Å². The van der Waals surface area contributed by atoms with E-state index in [9.17, 15) is 33.9 Å². The second-order valence-electron chi connectivity index (χ2n) is 17.1. The maximum atomic E-state index is 13.4. The van der Waals surface area contributed by atoms with Crippen molar-refractivity contribution in [2.75, 3.05) is 21.2 Å². The molecule has 0 amide bonds. The predicted molar refractivity (Wildman–Crippen MR) is 220 cm³/mol. The molecular formula is C44H71NO17. The van der Waals surface area contributed by atoms with Crippen LogP contribution < -0.4 is 0 Å². The molecular weight excluding hydrogens is 814 g/mol. The number of hydrogen-bond acceptors (Lipinski definition) is 18. The molecule has 0 radical (unpaired) electrons. The zero-order chi connectivity index (χ0) is 46.5. The van der Waals surface area contributed by atoms with Crippen LogP contribution in [0.4, 0.5) is 0 Å². The maximum absolute atomic E-state index is 13.4. The van der Waals surface area contributed by atoms with E-state index in [0.717, 1.165) is 0 Å². The van der Waals surface area contributed by atoms with Crippen LogP contribution in [0.5, 0.6) is 0 Å². The molecule has 2 fully saturated rings. The lowest BCUT2D eigenvalue weighted by molar-refractivity contribution is -0.344. The van der Waals surface area contributed by atoms with Crippen molar-refractivity contribution in [2.45, 2.75) is 199 Å². The first kappa shape index (κ1) is 52.8. The van der Waals surface area contributed by atoms with Crippen molar-refractivity contribution in [1.29, 1.82) is 0 Å². The summed E-state index contributed by atoms with van der Waals surface area (Å²) in [6, 6.07) is -0.825. The van der Waals surface area contributed by atoms with Crippen LogP contribution in [0.15, 0.2) is 12.2 Å². The van der Waals surface area contributed by atoms with Crippen LogP contribution in [0.1, 0.15) is 114 Å². The van der Waals surface area contributed by atoms with E-state index in [1.807, 2.05) is 13.8 Å². The molecule has 18 nitrogen and oxygen atoms in total. The van der Waals surface area contributed by atoms with Crippen LogP contribution in [0, 0.1) is 11.8 Å². The van der Waals surface area contributed by atoms with Crippen molar-refractivity contribution in [3.63, 3.8) is 0 Å². The minimum absolute atomic E-state index is 0.0182. The molecule has 3 rings (SSSR count). The van der Waals surface area contributed by atoms with Crippen molar-refractivity contribution in [3.8, 4) is 0 Å². The van der Waals surface area contributed by atoms with Crippen LogP contribution in [-0.4, -0.2) is 153 Å². The number of nitrogens with zero attached hydrogens (tertiary/aromatic N) is 1. The molecule has 0 aliphatic carbocycles. The quantitative estimate of drug-likeness (QED) is 0.107. The molecule has 1 unspecified atom stereocenters. The van der Waals surface area contributed by atoms with E-state index in [4.69, 9.17) is 47.4 Å². The van der Waals surface area contributed by atoms with Gasteiger partial charge in [0.15, 0.2) is 24.3 Å². The second kappa shape index (κ2) is 24.5. The van der Waals surface area contributed by atoms with Gasteiger partial charge in [-0.3, -0.25) is 24.0 Å². The summed E-state index contributed by atoms with van der Waals surface area (Å²) in [5.74, 6) is -3.99. The second-order valence-corrected chi connectivity index (χ2v) is 17.1. The Kier molecular flexibility index (Phi) is 20.9. The normalized spacial score (nSPS) is 37.8. The van der Waals surface area contributed by atoms with E-state index in [1.165, 1.54) is 21.0 Å². The van der Waals surface area contributed by atoms with E-state index in [-0.39, 0.29) is 32.1 Å². The number of methoxy groups -OCH3 is 1. The molecule has 62 heavy (non-hydrogen) atoms. The van der Waals surface area contributed by atoms with Gasteiger partial charge in [-0.1, -0.05) is 26.8 Å². The number of likely N-dealkylation sites (N-methyl/N-ethyl adjacent to an activating group) is 1. The highest BCUT2D eigenvalue weighted by Crippen LogP contribution is 2.39. The zero-order valence-electron chi connectivity index (χ0n) is 38.5. The summed E-state index contributed by atoms with van der Waals surface area (Å²) >= 11 is 0. The maximum Gasteiger partial charge on any atom is 0.309 e. The number of aldehydes is 1. The smallest absolute Gasteiger partial charge is 0.309 e. The highest BCUT2D eigenvalue weighted by molar-refractivity contribution is 5.73. The first-order valence-electron chi connectivity index (χ1n) is 21.7. The van der Waals surface area contributed by atoms with Gasteiger partial charge in [0, 0.05) is 53.1 Å². The number of esters is 5. The third-order valence-electron chi connectivity index (χ3n) is 11.5. The SMILES string of the molecule is CCCC(=O)O[C@H]1[C@H](C)O[C@@H](O[C@H]2[C@H](N(C)C)[C@@H](O)[C@H](OC3[C@@H](CC=O)C[C@@H](C)[C@@H](OC(C)=O)/C=C/C[C@@H](C)OC(=O)C[C@@H](OC(=O)CC)[C@@H]3OC)O[C@@H]2C)C[C@@]1(C)OC(C)=O. The first-order valence-corrected chi connectivity index (χ1v) is 21.7. The number of aliphatic hydroxyl groups excluding tert-OH is 1. The molecule has 1 N–H and O–H groups in total. The van der Waals surface area contributed by atoms with Gasteiger partial charge < -0.3 is 62.2 Å². The molecule has 0 aromatic rings. The Morgan fingerprint density at radius 3 is 2.21 bits per heavy atom. The van der Waals surface area contributed by atoms with Gasteiger partial charge in [-0.15, -0.1) is 0 Å². The number of carbonyl (C=O) groups excluding carboxylic acids is 6. The van der Waals surface area contributed by atoms with Crippen molar-refractivity contribution in [2.24, 2.45) is 11.8 Å². The fourth-order valence-corrected chi connectivity index (χ4v) is 8.63. The Morgan fingerprint density at radius 1 is 0.935 bits per heavy atom. The lowest BCUT2D eigenvalue weighted by atomic mass is 9.82. The van der Waals surface area contributed by atoms with Crippen LogP contribution in [0.2, 0.25) is 0 Å². The molecule has 18 heteroatoms. The van der Waals surface area contributed by atoms with Crippen molar-refractivity contribution >= 4 is 36.1 Å². The number of carbonyl (C=O) groups is 6. The number of rotatable bonds is 15. The van der Waals surface area contributed by atoms with Gasteiger partial charge in [0.1, 0.15) is 42.9 Å². The summed E-state index contributed by atoms with van der Waals surface area (Å²) < 4.78 is 60.7. The number of hydrogen-bond donors (Lipinski definition) is 1. The van der Waals surface area contributed by atoms with Crippen molar-refractivity contribution in [3.05, 3.63) is 12.2 Å². The Hall–Kier alpha value is -3.52. The third-order valence-corrected chi connectivity index (χ3v) is 11.5. The lowest BCUT2D eigenvalue weighted by Gasteiger charge is -2.50. The summed E-state index contributed by atoms with van der Waals surface area (Å²) in [5.41, 5.74) is -1.33. The topological polar surface area (TPSA) is 218 Å². The summed E-state index contributed by atoms with van der Waals surface area (Å²) in [6.07, 6.45) is -7.28. The summed E-state index contributed by atoms with van der Waals surface area (Å²) in [4.78, 5) is 77.6. The largest absolute Gasteiger partial charge is 0.462 e. The van der Waals surface area contributed by atoms with Crippen LogP contribution in [0.25, 0.3) is 0 Å². The number of ether oxygens (including phenoxy) is 10. The van der Waals surface area contributed by atoms with Gasteiger partial charge in [-0.05, 0) is 72.5 Å². The van der Waals surface area contributed by atoms with Gasteiger partial charge in [0.05, 0.1) is 30.8 Å². The third kappa shape index (κ3) is 14.8. The van der Waals surface area contributed by atoms with E-state index in [1.54, 1.807) is 65.8 Å². The van der Waals surface area contributed by atoms with Gasteiger partial charge in [-0.25, -0.2) is 0 Å². The molecule has 2 saturated heterocycles. The molecule has 0 bridgehead atoms. The zero-order valence-corrected chi connectivity index (χ0v) is 38.5. The van der Waals surface area contributed by atoms with E-state index < -0.39 is 133 Å². The number of cyclic esters (lactones) is 1. The summed E-state index contributed by atoms with van der Waals surface area (Å²) in [6.45, 7) is 14.6. The molecule has 0 saturated carbocycles. The highest BCUT2D eigenvalue weighted by atomic mass is 16.7. The highest BCUT2D eigenvalue weighted by Gasteiger charge is 2.54. The summed E-state index contributed by atoms with van der Waals surface area (Å²) in [5, 5.41) is 12.2. The van der Waals surface area contributed by atoms with Crippen LogP contribution in [0.3, 0.4) is 0 Å². The van der Waals surface area contributed by atoms with E-state index in [0.29, 0.717) is 19.1 Å². The predicted octanol–water partition coefficient (Wildman–Crippen LogP) is 3.74. The Balaban J connectivity index is 2.06. The minimum atomic E-state index is -1.44. The first-order chi connectivity index (χ1) is 29.2. The molecule has 3 heterocycles. The fraction of sp³-hybridized carbons (Fsp3) is 0.818. The molecule has 0 aromatic heterocycles. The molecule has 16 atom stereocenters. The monoisotopic (exact) mass is 885 g/mol. The molecule has 354 valence electrons. The minimum Gasteiger partial charge on any atom is -0.462 e. The lowest BCUT2D eigenvalue weighted by Crippen LogP contribution is -2.66. The Bertz CT molecular complexity index is 1520. The fourth-order valence-electron chi connectivity index (χ4n) is 8.63. The van der Waals surface area contributed by atoms with Crippen LogP contribution in [-0.2, 0) is 76.1 Å². The van der Waals surface area contributed by atoms with Crippen LogP contribution >= 0.6 is 0 Å². The van der Waals surface area contributed by atoms with E-state index in [2.05, 4.69) is 0 Å². The van der Waals surface area contributed by atoms with Gasteiger partial charge in [0.2, 0.25) is 0 Å². The standard InChI is InChI=1S/C44H71NO17/c1-13-16-34(50)59-42-27(6)55-36(23-44(42,9)62-29(8)48)60-39-26(5)56-43(38(52)37(39)45(10)11)61-40-30(19-20-46)21-24(3)31(57-28(7)47)18-15-17-25(4)54-35(51)22-32(41(40)53-12)58-33(49)14-2/h15,18,20,24-27,30-32,36-43,52H,13-14,16-17,19,21-23H2,1-12H3/b18-15+/t24-,25-,26-,27+,30+,31+,32-,36+,37-,38-,39-,40?,41+,42+,43+,44-/m1/s1. The molecule has 3 aliphatic rings. The summed E-state index contributed by atoms with van der Waals surface area (Å²) in [7, 11) is 4.83. The average Bonchev–Trinajstić information content (AvgIpc) is 3.16. The van der Waals surface area contributed by atoms with Crippen molar-refractivity contribution < 1.29 is 81.2 Å². The van der Waals surface area contributed by atoms with Gasteiger partial charge >= 0.3 is 29.8 Å². The Labute approximate surface area is 365 Å². The Morgan fingerprint density at radius 2 is 1.63 bits per heavy atom. The van der Waals surface area contributed by atoms with Crippen molar-refractivity contribution in [1.82, 2.24) is 4.90 Å². The molecule has 3 aliphatic heterocycles. The molecule has 0 spiro atoms. The molecule has 0 aromatic carbocycles. The average molecular weight is 886 g/mol.